The summed E-state index contributed by atoms with van der Waals surface area (Å²) in [7, 11) is 0. The lowest BCUT2D eigenvalue weighted by atomic mass is 9.90. The van der Waals surface area contributed by atoms with E-state index in [-0.39, 0.29) is 0 Å². The highest BCUT2D eigenvalue weighted by molar-refractivity contribution is 4.82. The van der Waals surface area contributed by atoms with E-state index in [0.29, 0.717) is 6.04 Å². The summed E-state index contributed by atoms with van der Waals surface area (Å²) < 4.78 is 0. The minimum absolute atomic E-state index is 0.454. The Morgan fingerprint density at radius 3 is 2.47 bits per heavy atom. The Labute approximate surface area is 106 Å². The van der Waals surface area contributed by atoms with Crippen molar-refractivity contribution < 1.29 is 0 Å². The zero-order valence-electron chi connectivity index (χ0n) is 11.4. The molecule has 3 nitrogen and oxygen atoms in total. The first-order chi connectivity index (χ1) is 8.29. The first-order valence-corrected chi connectivity index (χ1v) is 7.50. The Morgan fingerprint density at radius 2 is 1.76 bits per heavy atom. The molecule has 2 atom stereocenters. The van der Waals surface area contributed by atoms with Gasteiger partial charge in [0, 0.05) is 12.6 Å². The summed E-state index contributed by atoms with van der Waals surface area (Å²) >= 11 is 0. The third-order valence-electron chi connectivity index (χ3n) is 4.55. The molecule has 0 aromatic rings. The molecule has 2 N–H and O–H groups in total. The van der Waals surface area contributed by atoms with Crippen molar-refractivity contribution in [3.63, 3.8) is 0 Å². The first-order valence-electron chi connectivity index (χ1n) is 7.50. The van der Waals surface area contributed by atoms with Gasteiger partial charge in [-0.05, 0) is 64.3 Å². The van der Waals surface area contributed by atoms with Crippen molar-refractivity contribution in [3.05, 3.63) is 0 Å². The minimum atomic E-state index is 0.454. The van der Waals surface area contributed by atoms with Gasteiger partial charge in [-0.25, -0.2) is 0 Å². The van der Waals surface area contributed by atoms with Gasteiger partial charge >= 0.3 is 0 Å². The number of hydrogen-bond acceptors (Lipinski definition) is 3. The van der Waals surface area contributed by atoms with Crippen molar-refractivity contribution >= 4 is 0 Å². The van der Waals surface area contributed by atoms with Crippen LogP contribution in [0.2, 0.25) is 0 Å². The van der Waals surface area contributed by atoms with Crippen LogP contribution in [0.25, 0.3) is 0 Å². The molecule has 2 heterocycles. The van der Waals surface area contributed by atoms with Crippen LogP contribution in [0.5, 0.6) is 0 Å². The molecule has 17 heavy (non-hydrogen) atoms. The molecule has 2 aliphatic rings. The molecule has 0 aliphatic carbocycles. The third-order valence-corrected chi connectivity index (χ3v) is 4.55. The SMILES string of the molecule is CCC1CN(CCCN2CCCC2)CCC1N. The highest BCUT2D eigenvalue weighted by Gasteiger charge is 2.24. The topological polar surface area (TPSA) is 32.5 Å². The van der Waals surface area contributed by atoms with Gasteiger partial charge in [0.15, 0.2) is 0 Å². The maximum atomic E-state index is 6.15. The molecule has 100 valence electrons. The van der Waals surface area contributed by atoms with Crippen molar-refractivity contribution in [3.8, 4) is 0 Å². The molecule has 2 rings (SSSR count). The molecule has 0 spiro atoms. The van der Waals surface area contributed by atoms with E-state index in [4.69, 9.17) is 5.73 Å². The van der Waals surface area contributed by atoms with Crippen molar-refractivity contribution in [1.82, 2.24) is 9.80 Å². The average Bonchev–Trinajstić information content (AvgIpc) is 2.84. The van der Waals surface area contributed by atoms with Gasteiger partial charge in [-0.15, -0.1) is 0 Å². The molecule has 0 amide bonds. The molecule has 3 heteroatoms. The fourth-order valence-corrected chi connectivity index (χ4v) is 3.28. The average molecular weight is 239 g/mol. The van der Waals surface area contributed by atoms with E-state index in [0.717, 1.165) is 5.92 Å². The molecule has 2 unspecified atom stereocenters. The van der Waals surface area contributed by atoms with Crippen molar-refractivity contribution in [1.29, 1.82) is 0 Å². The summed E-state index contributed by atoms with van der Waals surface area (Å²) in [6.07, 6.45) is 6.60. The molecule has 2 aliphatic heterocycles. The lowest BCUT2D eigenvalue weighted by Crippen LogP contribution is -2.47. The molecule has 0 aromatic carbocycles. The van der Waals surface area contributed by atoms with E-state index in [9.17, 15) is 0 Å². The number of nitrogens with zero attached hydrogens (tertiary/aromatic N) is 2. The molecule has 0 radical (unpaired) electrons. The lowest BCUT2D eigenvalue weighted by Gasteiger charge is -2.36. The zero-order chi connectivity index (χ0) is 12.1. The van der Waals surface area contributed by atoms with E-state index < -0.39 is 0 Å². The lowest BCUT2D eigenvalue weighted by molar-refractivity contribution is 0.145. The van der Waals surface area contributed by atoms with Gasteiger partial charge in [0.25, 0.3) is 0 Å². The number of hydrogen-bond donors (Lipinski definition) is 1. The van der Waals surface area contributed by atoms with Crippen LogP contribution < -0.4 is 5.73 Å². The summed E-state index contributed by atoms with van der Waals surface area (Å²) in [5, 5.41) is 0. The summed E-state index contributed by atoms with van der Waals surface area (Å²) in [6, 6.07) is 0.454. The molecule has 0 bridgehead atoms. The zero-order valence-corrected chi connectivity index (χ0v) is 11.4. The Kier molecular flexibility index (Phi) is 5.26. The highest BCUT2D eigenvalue weighted by atomic mass is 15.2. The van der Waals surface area contributed by atoms with Crippen LogP contribution in [-0.4, -0.2) is 55.1 Å². The van der Waals surface area contributed by atoms with Gasteiger partial charge in [-0.1, -0.05) is 13.3 Å². The Morgan fingerprint density at radius 1 is 1.06 bits per heavy atom. The van der Waals surface area contributed by atoms with Crippen molar-refractivity contribution in [2.75, 3.05) is 39.3 Å². The Balaban J connectivity index is 1.62. The molecule has 2 saturated heterocycles. The van der Waals surface area contributed by atoms with Crippen molar-refractivity contribution in [2.24, 2.45) is 11.7 Å². The molecule has 2 fully saturated rings. The van der Waals surface area contributed by atoms with Gasteiger partial charge in [0.05, 0.1) is 0 Å². The van der Waals surface area contributed by atoms with Gasteiger partial charge in [-0.2, -0.15) is 0 Å². The van der Waals surface area contributed by atoms with Crippen molar-refractivity contribution in [2.45, 2.75) is 45.1 Å². The smallest absolute Gasteiger partial charge is 0.00914 e. The third kappa shape index (κ3) is 3.94. The Bertz CT molecular complexity index is 214. The maximum Gasteiger partial charge on any atom is 0.00914 e. The summed E-state index contributed by atoms with van der Waals surface area (Å²) in [6.45, 7) is 9.98. The quantitative estimate of drug-likeness (QED) is 0.790. The van der Waals surface area contributed by atoms with Gasteiger partial charge in [-0.3, -0.25) is 0 Å². The van der Waals surface area contributed by atoms with Gasteiger partial charge in [0.1, 0.15) is 0 Å². The van der Waals surface area contributed by atoms with Crippen LogP contribution in [0.4, 0.5) is 0 Å². The minimum Gasteiger partial charge on any atom is -0.327 e. The highest BCUT2D eigenvalue weighted by Crippen LogP contribution is 2.18. The fraction of sp³-hybridized carbons (Fsp3) is 1.00. The van der Waals surface area contributed by atoms with Crippen LogP contribution in [0.3, 0.4) is 0 Å². The second kappa shape index (κ2) is 6.72. The number of rotatable bonds is 5. The normalized spacial score (nSPS) is 32.1. The summed E-state index contributed by atoms with van der Waals surface area (Å²) in [4.78, 5) is 5.25. The fourth-order valence-electron chi connectivity index (χ4n) is 3.28. The van der Waals surface area contributed by atoms with Crippen LogP contribution in [0, 0.1) is 5.92 Å². The van der Waals surface area contributed by atoms with Crippen LogP contribution >= 0.6 is 0 Å². The second-order valence-corrected chi connectivity index (χ2v) is 5.82. The molecular weight excluding hydrogens is 210 g/mol. The van der Waals surface area contributed by atoms with E-state index >= 15 is 0 Å². The van der Waals surface area contributed by atoms with E-state index in [2.05, 4.69) is 16.7 Å². The largest absolute Gasteiger partial charge is 0.327 e. The molecule has 0 saturated carbocycles. The maximum absolute atomic E-state index is 6.15. The van der Waals surface area contributed by atoms with E-state index in [1.54, 1.807) is 0 Å². The first kappa shape index (κ1) is 13.3. The van der Waals surface area contributed by atoms with Gasteiger partial charge < -0.3 is 15.5 Å². The Hall–Kier alpha value is -0.120. The summed E-state index contributed by atoms with van der Waals surface area (Å²) in [5.74, 6) is 0.732. The number of piperidine rings is 1. The van der Waals surface area contributed by atoms with Crippen LogP contribution in [0.15, 0.2) is 0 Å². The molecule has 0 aromatic heterocycles. The summed E-state index contributed by atoms with van der Waals surface area (Å²) in [5.41, 5.74) is 6.15. The monoisotopic (exact) mass is 239 g/mol. The van der Waals surface area contributed by atoms with Crippen LogP contribution in [-0.2, 0) is 0 Å². The number of likely N-dealkylation sites (tertiary alicyclic amines) is 2. The molecular formula is C14H29N3. The van der Waals surface area contributed by atoms with Gasteiger partial charge in [0.2, 0.25) is 0 Å². The standard InChI is InChI=1S/C14H29N3/c1-2-13-12-17(11-6-14(13)15)10-5-9-16-7-3-4-8-16/h13-14H,2-12,15H2,1H3. The predicted molar refractivity (Wildman–Crippen MR) is 73.1 cm³/mol. The van der Waals surface area contributed by atoms with E-state index in [1.807, 2.05) is 0 Å². The van der Waals surface area contributed by atoms with E-state index in [1.165, 1.54) is 71.4 Å². The van der Waals surface area contributed by atoms with Crippen LogP contribution in [0.1, 0.15) is 39.0 Å². The predicted octanol–water partition coefficient (Wildman–Crippen LogP) is 1.53. The second-order valence-electron chi connectivity index (χ2n) is 5.82. The number of nitrogens with two attached hydrogens (primary N) is 1.